The molecule has 3 N–H and O–H groups in total. The van der Waals surface area contributed by atoms with Crippen LogP contribution in [0.1, 0.15) is 90.6 Å². The van der Waals surface area contributed by atoms with Gasteiger partial charge in [0.15, 0.2) is 0 Å². The van der Waals surface area contributed by atoms with Gasteiger partial charge >= 0.3 is 5.97 Å². The number of hydrogen-bond donors (Lipinski definition) is 3. The molecule has 198 valence electrons. The lowest BCUT2D eigenvalue weighted by Crippen LogP contribution is -1.91. The molecule has 0 aliphatic carbocycles. The van der Waals surface area contributed by atoms with Crippen LogP contribution in [0.15, 0.2) is 24.8 Å². The Morgan fingerprint density at radius 3 is 2.29 bits per heavy atom. The molecule has 0 saturated heterocycles. The minimum atomic E-state index is -0.745. The van der Waals surface area contributed by atoms with Crippen molar-refractivity contribution in [2.24, 2.45) is 0 Å². The lowest BCUT2D eigenvalue weighted by Gasteiger charge is -2.00. The third-order valence-electron chi connectivity index (χ3n) is 7.62. The number of carboxylic acids is 1. The predicted octanol–water partition coefficient (Wildman–Crippen LogP) is 7.83. The van der Waals surface area contributed by atoms with E-state index >= 15 is 0 Å². The first-order chi connectivity index (χ1) is 18.1. The number of carboxylic acid groups (broad SMARTS) is 1. The summed E-state index contributed by atoms with van der Waals surface area (Å²) in [6.07, 6.45) is 6.27. The van der Waals surface area contributed by atoms with Gasteiger partial charge < -0.3 is 15.1 Å². The van der Waals surface area contributed by atoms with Gasteiger partial charge in [0.25, 0.3) is 0 Å². The van der Waals surface area contributed by atoms with Gasteiger partial charge in [0.05, 0.1) is 11.4 Å². The molecular weight excluding hydrogens is 472 g/mol. The maximum Gasteiger partial charge on any atom is 0.303 e. The van der Waals surface area contributed by atoms with Gasteiger partial charge in [0.2, 0.25) is 0 Å². The maximum absolute atomic E-state index is 9.37. The number of H-pyrrole nitrogens is 2. The fourth-order valence-corrected chi connectivity index (χ4v) is 5.14. The number of rotatable bonds is 3. The Hall–Kier alpha value is -3.93. The van der Waals surface area contributed by atoms with Gasteiger partial charge in [-0.1, -0.05) is 33.4 Å². The van der Waals surface area contributed by atoms with Gasteiger partial charge in [-0.05, 0) is 92.6 Å². The zero-order valence-corrected chi connectivity index (χ0v) is 23.5. The molecule has 3 aromatic heterocycles. The molecule has 5 rings (SSSR count). The van der Waals surface area contributed by atoms with Crippen molar-refractivity contribution < 1.29 is 9.90 Å². The largest absolute Gasteiger partial charge is 0.481 e. The molecular formula is C32H38N4O2. The van der Waals surface area contributed by atoms with E-state index in [9.17, 15) is 4.79 Å². The van der Waals surface area contributed by atoms with Crippen LogP contribution in [-0.4, -0.2) is 31.0 Å². The fourth-order valence-electron chi connectivity index (χ4n) is 5.14. The molecule has 6 heteroatoms. The molecule has 0 aromatic carbocycles. The van der Waals surface area contributed by atoms with Gasteiger partial charge in [-0.3, -0.25) is 9.78 Å². The third kappa shape index (κ3) is 5.08. The van der Waals surface area contributed by atoms with Crippen LogP contribution >= 0.6 is 0 Å². The normalized spacial score (nSPS) is 14.5. The zero-order chi connectivity index (χ0) is 27.7. The first kappa shape index (κ1) is 27.1. The highest BCUT2D eigenvalue weighted by Gasteiger charge is 2.20. The van der Waals surface area contributed by atoms with E-state index in [0.717, 1.165) is 63.2 Å². The molecule has 2 aliphatic heterocycles. The summed E-state index contributed by atoms with van der Waals surface area (Å²) < 4.78 is 0. The van der Waals surface area contributed by atoms with Gasteiger partial charge in [0, 0.05) is 51.4 Å². The molecule has 0 radical (unpaired) electrons. The first-order valence-electron chi connectivity index (χ1n) is 13.3. The molecule has 3 aromatic rings. The number of nitrogens with one attached hydrogen (secondary N) is 2. The number of aliphatic carboxylic acids is 1. The summed E-state index contributed by atoms with van der Waals surface area (Å²) in [5.74, 6) is -0.375. The van der Waals surface area contributed by atoms with Crippen molar-refractivity contribution in [1.29, 1.82) is 0 Å². The predicted molar refractivity (Wildman–Crippen MR) is 158 cm³/mol. The van der Waals surface area contributed by atoms with Crippen LogP contribution in [0.5, 0.6) is 0 Å². The molecule has 0 fully saturated rings. The van der Waals surface area contributed by atoms with Gasteiger partial charge in [0.1, 0.15) is 0 Å². The Morgan fingerprint density at radius 2 is 1.66 bits per heavy atom. The van der Waals surface area contributed by atoms with Crippen LogP contribution in [-0.2, 0) is 17.6 Å². The average molecular weight is 511 g/mol. The van der Waals surface area contributed by atoms with Crippen LogP contribution in [0.25, 0.3) is 39.8 Å². The van der Waals surface area contributed by atoms with Crippen LogP contribution < -0.4 is 0 Å². The lowest BCUT2D eigenvalue weighted by molar-refractivity contribution is -0.136. The summed E-state index contributed by atoms with van der Waals surface area (Å²) in [5, 5.41) is 7.72. The fraction of sp³-hybridized carbons (Fsp3) is 0.344. The topological polar surface area (TPSA) is 94.7 Å². The number of aryl methyl sites for hydroxylation is 3. The molecule has 1 unspecified atom stereocenters. The number of allylic oxidation sites excluding steroid dienone is 1. The quantitative estimate of drug-likeness (QED) is 0.334. The Bertz CT molecular complexity index is 1620. The zero-order valence-electron chi connectivity index (χ0n) is 23.5. The minimum Gasteiger partial charge on any atom is -0.481 e. The summed E-state index contributed by atoms with van der Waals surface area (Å²) in [6.45, 7) is 18.8. The third-order valence-corrected chi connectivity index (χ3v) is 7.62. The molecule has 0 amide bonds. The van der Waals surface area contributed by atoms with Crippen LogP contribution in [0.4, 0.5) is 0 Å². The molecule has 5 heterocycles. The van der Waals surface area contributed by atoms with Gasteiger partial charge in [-0.25, -0.2) is 4.98 Å². The second kappa shape index (κ2) is 10.8. The van der Waals surface area contributed by atoms with E-state index in [1.807, 2.05) is 6.08 Å². The Morgan fingerprint density at radius 1 is 1.00 bits per heavy atom. The summed E-state index contributed by atoms with van der Waals surface area (Å²) in [7, 11) is 0. The molecule has 0 spiro atoms. The summed E-state index contributed by atoms with van der Waals surface area (Å²) >= 11 is 0. The van der Waals surface area contributed by atoms with E-state index in [0.29, 0.717) is 5.92 Å². The van der Waals surface area contributed by atoms with E-state index in [1.165, 1.54) is 27.8 Å². The second-order valence-corrected chi connectivity index (χ2v) is 10.2. The highest BCUT2D eigenvalue weighted by molar-refractivity contribution is 5.86. The minimum absolute atomic E-state index is 0.222. The molecule has 0 saturated carbocycles. The van der Waals surface area contributed by atoms with Gasteiger partial charge in [-0.2, -0.15) is 0 Å². The van der Waals surface area contributed by atoms with E-state index in [4.69, 9.17) is 15.1 Å². The van der Waals surface area contributed by atoms with Crippen LogP contribution in [0.2, 0.25) is 0 Å². The highest BCUT2D eigenvalue weighted by atomic mass is 16.4. The molecule has 38 heavy (non-hydrogen) atoms. The first-order valence-corrected chi connectivity index (χ1v) is 13.3. The summed E-state index contributed by atoms with van der Waals surface area (Å²) in [6, 6.07) is 6.63. The van der Waals surface area contributed by atoms with E-state index in [-0.39, 0.29) is 6.42 Å². The van der Waals surface area contributed by atoms with Gasteiger partial charge in [-0.15, -0.1) is 0 Å². The van der Waals surface area contributed by atoms with Crippen LogP contribution in [0.3, 0.4) is 0 Å². The van der Waals surface area contributed by atoms with Crippen molar-refractivity contribution in [1.82, 2.24) is 19.9 Å². The standard InChI is InChI=1S/C29H32N4.C3H6O2/c1-8-20-18(6)27-14-29-21(9-2)17(5)26(32-29)12-22-15(3)10-24(30-22)19(7)25-11-16(4)23(31-25)13-28(20)33-27;1-2-3(4)5/h9,11-15,32-33H,2,8,10H2,1,3-7H3;2H2,1H3,(H,4,5). The summed E-state index contributed by atoms with van der Waals surface area (Å²) in [5.41, 5.74) is 16.0. The van der Waals surface area contributed by atoms with Crippen molar-refractivity contribution in [3.63, 3.8) is 0 Å². The Kier molecular flexibility index (Phi) is 7.72. The molecule has 6 nitrogen and oxygen atoms in total. The number of fused-ring (bicyclic) bond motifs is 8. The van der Waals surface area contributed by atoms with Crippen molar-refractivity contribution in [3.05, 3.63) is 75.4 Å². The van der Waals surface area contributed by atoms with Crippen molar-refractivity contribution >= 4 is 45.8 Å². The average Bonchev–Trinajstić information content (AvgIpc) is 3.60. The maximum atomic E-state index is 9.37. The molecule has 8 bridgehead atoms. The number of aromatic amines is 2. The summed E-state index contributed by atoms with van der Waals surface area (Å²) in [4.78, 5) is 26.8. The number of aromatic nitrogens is 4. The Labute approximate surface area is 224 Å². The second-order valence-electron chi connectivity index (χ2n) is 10.2. The highest BCUT2D eigenvalue weighted by Crippen LogP contribution is 2.31. The van der Waals surface area contributed by atoms with Crippen molar-refractivity contribution in [2.75, 3.05) is 0 Å². The van der Waals surface area contributed by atoms with E-state index in [2.05, 4.69) is 82.4 Å². The smallest absolute Gasteiger partial charge is 0.303 e. The molecule has 2 aliphatic rings. The van der Waals surface area contributed by atoms with E-state index < -0.39 is 5.97 Å². The number of hydrogen-bond acceptors (Lipinski definition) is 3. The lowest BCUT2D eigenvalue weighted by atomic mass is 10.0. The SMILES string of the molecule is C=Cc1c(C)c2cc3nc(c(C)c4nc(cc5[nH]c(cc1[nH]2)c(C)c5CC)C(C)=C4)CC3C.CCC(=O)O. The van der Waals surface area contributed by atoms with Crippen molar-refractivity contribution in [2.45, 2.75) is 73.6 Å². The number of carbonyl (C=O) groups is 1. The van der Waals surface area contributed by atoms with Crippen molar-refractivity contribution in [3.8, 4) is 0 Å². The number of nitrogens with zero attached hydrogens (tertiary/aromatic N) is 2. The Balaban J connectivity index is 0.000000617. The van der Waals surface area contributed by atoms with E-state index in [1.54, 1.807) is 6.92 Å². The van der Waals surface area contributed by atoms with Crippen LogP contribution in [0, 0.1) is 20.8 Å². The monoisotopic (exact) mass is 510 g/mol. The molecule has 1 atom stereocenters.